The maximum atomic E-state index is 10.9. The average Bonchev–Trinajstić information content (AvgIpc) is 2.47. The molecular formula is C16H18N2O3. The van der Waals surface area contributed by atoms with Crippen LogP contribution in [0.15, 0.2) is 42.5 Å². The van der Waals surface area contributed by atoms with Crippen molar-refractivity contribution >= 4 is 5.69 Å². The Bertz CT molecular complexity index is 641. The number of nitro groups is 1. The summed E-state index contributed by atoms with van der Waals surface area (Å²) in [6.45, 7) is 3.31. The van der Waals surface area contributed by atoms with Gasteiger partial charge in [-0.05, 0) is 24.1 Å². The molecule has 21 heavy (non-hydrogen) atoms. The van der Waals surface area contributed by atoms with Crippen LogP contribution in [0, 0.1) is 17.0 Å². The molecule has 0 aliphatic carbocycles. The number of nitro benzene ring substituents is 1. The molecule has 0 atom stereocenters. The van der Waals surface area contributed by atoms with Crippen LogP contribution in [-0.4, -0.2) is 12.0 Å². The number of hydrogen-bond acceptors (Lipinski definition) is 4. The van der Waals surface area contributed by atoms with Crippen LogP contribution in [0.5, 0.6) is 5.75 Å². The van der Waals surface area contributed by atoms with Crippen molar-refractivity contribution in [3.05, 3.63) is 69.3 Å². The summed E-state index contributed by atoms with van der Waals surface area (Å²) in [4.78, 5) is 10.5. The van der Waals surface area contributed by atoms with Gasteiger partial charge in [-0.1, -0.05) is 29.8 Å². The van der Waals surface area contributed by atoms with Gasteiger partial charge in [0, 0.05) is 19.2 Å². The highest BCUT2D eigenvalue weighted by Gasteiger charge is 2.09. The highest BCUT2D eigenvalue weighted by atomic mass is 16.6. The first kappa shape index (κ1) is 15.0. The van der Waals surface area contributed by atoms with Crippen molar-refractivity contribution < 1.29 is 9.66 Å². The molecule has 2 rings (SSSR count). The highest BCUT2D eigenvalue weighted by molar-refractivity contribution is 5.42. The quantitative estimate of drug-likeness (QED) is 0.654. The van der Waals surface area contributed by atoms with Crippen molar-refractivity contribution in [1.29, 1.82) is 0 Å². The minimum absolute atomic E-state index is 0.0432. The number of nitrogens with zero attached hydrogens (tertiary/aromatic N) is 1. The maximum Gasteiger partial charge on any atom is 0.273 e. The molecule has 0 bridgehead atoms. The second-order valence-corrected chi connectivity index (χ2v) is 4.89. The minimum Gasteiger partial charge on any atom is -0.496 e. The molecule has 0 radical (unpaired) electrons. The van der Waals surface area contributed by atoms with E-state index in [1.165, 1.54) is 24.3 Å². The van der Waals surface area contributed by atoms with Gasteiger partial charge in [-0.25, -0.2) is 0 Å². The number of methoxy groups -OCH3 is 1. The lowest BCUT2D eigenvalue weighted by molar-refractivity contribution is -0.385. The predicted molar refractivity (Wildman–Crippen MR) is 81.4 cm³/mol. The van der Waals surface area contributed by atoms with Gasteiger partial charge >= 0.3 is 0 Å². The molecule has 5 nitrogen and oxygen atoms in total. The summed E-state index contributed by atoms with van der Waals surface area (Å²) in [5, 5.41) is 14.2. The number of rotatable bonds is 6. The van der Waals surface area contributed by atoms with Gasteiger partial charge in [0.1, 0.15) is 5.75 Å². The van der Waals surface area contributed by atoms with Crippen LogP contribution in [0.3, 0.4) is 0 Å². The fraction of sp³-hybridized carbons (Fsp3) is 0.250. The van der Waals surface area contributed by atoms with E-state index in [4.69, 9.17) is 4.74 Å². The predicted octanol–water partition coefficient (Wildman–Crippen LogP) is 3.20. The molecule has 110 valence electrons. The van der Waals surface area contributed by atoms with Crippen molar-refractivity contribution in [3.8, 4) is 5.75 Å². The van der Waals surface area contributed by atoms with Crippen LogP contribution < -0.4 is 10.1 Å². The third-order valence-corrected chi connectivity index (χ3v) is 3.14. The molecule has 0 fully saturated rings. The molecule has 0 aliphatic rings. The molecule has 0 heterocycles. The van der Waals surface area contributed by atoms with Crippen LogP contribution in [-0.2, 0) is 13.1 Å². The second-order valence-electron chi connectivity index (χ2n) is 4.89. The fourth-order valence-corrected chi connectivity index (χ4v) is 2.14. The Morgan fingerprint density at radius 3 is 2.57 bits per heavy atom. The number of nitrogens with one attached hydrogen (secondary N) is 1. The molecule has 5 heteroatoms. The van der Waals surface area contributed by atoms with Crippen LogP contribution in [0.2, 0.25) is 0 Å². The molecule has 1 N–H and O–H groups in total. The smallest absolute Gasteiger partial charge is 0.273 e. The maximum absolute atomic E-state index is 10.9. The Morgan fingerprint density at radius 1 is 1.14 bits per heavy atom. The van der Waals surface area contributed by atoms with Gasteiger partial charge in [-0.15, -0.1) is 0 Å². The molecule has 2 aromatic carbocycles. The summed E-state index contributed by atoms with van der Waals surface area (Å²) < 4.78 is 5.09. The topological polar surface area (TPSA) is 64.4 Å². The lowest BCUT2D eigenvalue weighted by Crippen LogP contribution is -2.13. The zero-order valence-electron chi connectivity index (χ0n) is 12.1. The monoisotopic (exact) mass is 286 g/mol. The van der Waals surface area contributed by atoms with Crippen molar-refractivity contribution in [2.75, 3.05) is 7.11 Å². The molecule has 0 saturated heterocycles. The van der Waals surface area contributed by atoms with Crippen LogP contribution in [0.25, 0.3) is 0 Å². The summed E-state index contributed by atoms with van der Waals surface area (Å²) in [7, 11) is 1.50. The van der Waals surface area contributed by atoms with E-state index in [1.807, 2.05) is 12.1 Å². The van der Waals surface area contributed by atoms with Crippen molar-refractivity contribution in [2.24, 2.45) is 0 Å². The van der Waals surface area contributed by atoms with Crippen LogP contribution in [0.4, 0.5) is 5.69 Å². The van der Waals surface area contributed by atoms with E-state index in [9.17, 15) is 10.1 Å². The van der Waals surface area contributed by atoms with E-state index in [2.05, 4.69) is 24.4 Å². The van der Waals surface area contributed by atoms with Gasteiger partial charge in [0.15, 0.2) is 0 Å². The largest absolute Gasteiger partial charge is 0.496 e. The standard InChI is InChI=1S/C16H18N2O3/c1-12-4-3-5-13(6-12)10-17-11-14-7-15(18(19)20)9-16(8-14)21-2/h3-9,17H,10-11H2,1-2H3. The van der Waals surface area contributed by atoms with Gasteiger partial charge in [0.25, 0.3) is 5.69 Å². The van der Waals surface area contributed by atoms with Gasteiger partial charge in [0.2, 0.25) is 0 Å². The first-order valence-corrected chi connectivity index (χ1v) is 6.67. The SMILES string of the molecule is COc1cc(CNCc2cccc(C)c2)cc([N+](=O)[O-])c1. The van der Waals surface area contributed by atoms with E-state index in [0.717, 1.165) is 5.56 Å². The number of benzene rings is 2. The Balaban J connectivity index is 2.02. The molecular weight excluding hydrogens is 268 g/mol. The summed E-state index contributed by atoms with van der Waals surface area (Å²) in [6, 6.07) is 13.0. The number of non-ortho nitro benzene ring substituents is 1. The Hall–Kier alpha value is -2.40. The fourth-order valence-electron chi connectivity index (χ4n) is 2.14. The van der Waals surface area contributed by atoms with Crippen molar-refractivity contribution in [3.63, 3.8) is 0 Å². The number of hydrogen-bond donors (Lipinski definition) is 1. The Kier molecular flexibility index (Phi) is 4.90. The molecule has 0 aromatic heterocycles. The third-order valence-electron chi connectivity index (χ3n) is 3.14. The highest BCUT2D eigenvalue weighted by Crippen LogP contribution is 2.22. The first-order chi connectivity index (χ1) is 10.1. The average molecular weight is 286 g/mol. The molecule has 0 spiro atoms. The molecule has 0 amide bonds. The zero-order valence-corrected chi connectivity index (χ0v) is 12.1. The summed E-state index contributed by atoms with van der Waals surface area (Å²) in [5.74, 6) is 0.497. The van der Waals surface area contributed by atoms with Crippen LogP contribution in [0.1, 0.15) is 16.7 Å². The van der Waals surface area contributed by atoms with E-state index in [0.29, 0.717) is 18.8 Å². The normalized spacial score (nSPS) is 10.4. The molecule has 0 aliphatic heterocycles. The van der Waals surface area contributed by atoms with Gasteiger partial charge < -0.3 is 10.1 Å². The molecule has 0 unspecified atom stereocenters. The van der Waals surface area contributed by atoms with Crippen molar-refractivity contribution in [2.45, 2.75) is 20.0 Å². The number of aryl methyl sites for hydroxylation is 1. The lowest BCUT2D eigenvalue weighted by Gasteiger charge is -2.08. The summed E-state index contributed by atoms with van der Waals surface area (Å²) in [5.41, 5.74) is 3.27. The van der Waals surface area contributed by atoms with Gasteiger partial charge in [0.05, 0.1) is 18.1 Å². The summed E-state index contributed by atoms with van der Waals surface area (Å²) >= 11 is 0. The van der Waals surface area contributed by atoms with Crippen molar-refractivity contribution in [1.82, 2.24) is 5.32 Å². The van der Waals surface area contributed by atoms with E-state index >= 15 is 0 Å². The van der Waals surface area contributed by atoms with E-state index in [-0.39, 0.29) is 5.69 Å². The van der Waals surface area contributed by atoms with E-state index < -0.39 is 4.92 Å². The Morgan fingerprint density at radius 2 is 1.90 bits per heavy atom. The zero-order chi connectivity index (χ0) is 15.2. The minimum atomic E-state index is -0.410. The number of ether oxygens (including phenoxy) is 1. The molecule has 0 saturated carbocycles. The van der Waals surface area contributed by atoms with Gasteiger partial charge in [-0.2, -0.15) is 0 Å². The third kappa shape index (κ3) is 4.29. The van der Waals surface area contributed by atoms with Crippen LogP contribution >= 0.6 is 0 Å². The van der Waals surface area contributed by atoms with Gasteiger partial charge in [-0.3, -0.25) is 10.1 Å². The first-order valence-electron chi connectivity index (χ1n) is 6.67. The second kappa shape index (κ2) is 6.85. The molecule has 2 aromatic rings. The van der Waals surface area contributed by atoms with E-state index in [1.54, 1.807) is 12.1 Å². The lowest BCUT2D eigenvalue weighted by atomic mass is 10.1. The summed E-state index contributed by atoms with van der Waals surface area (Å²) in [6.07, 6.45) is 0. The Labute approximate surface area is 123 Å².